The van der Waals surface area contributed by atoms with E-state index in [1.54, 1.807) is 18.2 Å². The van der Waals surface area contributed by atoms with Crippen LogP contribution in [0.15, 0.2) is 28.9 Å². The smallest absolute Gasteiger partial charge is 0.291 e. The van der Waals surface area contributed by atoms with E-state index in [1.165, 1.54) is 17.6 Å². The van der Waals surface area contributed by atoms with Crippen LogP contribution in [0.3, 0.4) is 0 Å². The van der Waals surface area contributed by atoms with E-state index >= 15 is 0 Å². The molecule has 7 heteroatoms. The molecule has 0 fully saturated rings. The molecule has 0 aromatic carbocycles. The summed E-state index contributed by atoms with van der Waals surface area (Å²) in [7, 11) is 0. The molecule has 0 spiro atoms. The summed E-state index contributed by atoms with van der Waals surface area (Å²) in [5, 5.41) is 6.10. The number of hydrogen-bond donors (Lipinski definition) is 3. The van der Waals surface area contributed by atoms with E-state index in [-0.39, 0.29) is 17.6 Å². The van der Waals surface area contributed by atoms with Gasteiger partial charge in [0.25, 0.3) is 11.8 Å². The molecule has 0 radical (unpaired) electrons. The molecule has 2 aromatic heterocycles. The van der Waals surface area contributed by atoms with Crippen molar-refractivity contribution < 1.29 is 14.0 Å². The summed E-state index contributed by atoms with van der Waals surface area (Å²) in [5.41, 5.74) is 6.17. The highest BCUT2D eigenvalue weighted by Gasteiger charge is 2.18. The predicted molar refractivity (Wildman–Crippen MR) is 86.3 cm³/mol. The van der Waals surface area contributed by atoms with Gasteiger partial charge in [-0.15, -0.1) is 11.3 Å². The highest BCUT2D eigenvalue weighted by atomic mass is 32.1. The molecule has 22 heavy (non-hydrogen) atoms. The van der Waals surface area contributed by atoms with E-state index in [2.05, 4.69) is 10.6 Å². The molecule has 2 amide bonds. The number of anilines is 1. The van der Waals surface area contributed by atoms with Gasteiger partial charge >= 0.3 is 0 Å². The van der Waals surface area contributed by atoms with Gasteiger partial charge in [0.05, 0.1) is 16.1 Å². The SMILES string of the molecule is Cc1cc(NC(=O)c2ccco2)sc1C(=O)NCC(C)(C)N. The number of furan rings is 1. The molecular formula is C15H19N3O3S. The average Bonchev–Trinajstić information content (AvgIpc) is 3.04. The Labute approximate surface area is 132 Å². The van der Waals surface area contributed by atoms with Crippen LogP contribution in [-0.2, 0) is 0 Å². The quantitative estimate of drug-likeness (QED) is 0.787. The van der Waals surface area contributed by atoms with Gasteiger partial charge in [-0.05, 0) is 44.5 Å². The third-order valence-corrected chi connectivity index (χ3v) is 3.96. The molecule has 0 saturated carbocycles. The number of amides is 2. The van der Waals surface area contributed by atoms with Crippen LogP contribution in [0.4, 0.5) is 5.00 Å². The van der Waals surface area contributed by atoms with Crippen molar-refractivity contribution in [1.82, 2.24) is 5.32 Å². The van der Waals surface area contributed by atoms with Gasteiger partial charge in [-0.2, -0.15) is 0 Å². The van der Waals surface area contributed by atoms with Gasteiger partial charge in [-0.25, -0.2) is 0 Å². The largest absolute Gasteiger partial charge is 0.459 e. The average molecular weight is 321 g/mol. The van der Waals surface area contributed by atoms with Crippen LogP contribution >= 0.6 is 11.3 Å². The number of nitrogens with two attached hydrogens (primary N) is 1. The summed E-state index contributed by atoms with van der Waals surface area (Å²) < 4.78 is 5.03. The zero-order chi connectivity index (χ0) is 16.3. The van der Waals surface area contributed by atoms with Gasteiger partial charge < -0.3 is 20.8 Å². The highest BCUT2D eigenvalue weighted by molar-refractivity contribution is 7.18. The van der Waals surface area contributed by atoms with E-state index in [9.17, 15) is 9.59 Å². The first-order valence-electron chi connectivity index (χ1n) is 6.78. The first-order chi connectivity index (χ1) is 10.3. The predicted octanol–water partition coefficient (Wildman–Crippen LogP) is 2.37. The second-order valence-corrected chi connectivity index (χ2v) is 6.78. The Hall–Kier alpha value is -2.12. The first-order valence-corrected chi connectivity index (χ1v) is 7.60. The fourth-order valence-electron chi connectivity index (χ4n) is 1.74. The maximum atomic E-state index is 12.2. The molecule has 0 saturated heterocycles. The third kappa shape index (κ3) is 4.19. The topological polar surface area (TPSA) is 97.4 Å². The minimum Gasteiger partial charge on any atom is -0.459 e. The van der Waals surface area contributed by atoms with Crippen molar-refractivity contribution in [3.05, 3.63) is 40.7 Å². The monoisotopic (exact) mass is 321 g/mol. The zero-order valence-electron chi connectivity index (χ0n) is 12.7. The number of hydrogen-bond acceptors (Lipinski definition) is 5. The van der Waals surface area contributed by atoms with Gasteiger partial charge in [0.15, 0.2) is 5.76 Å². The minimum atomic E-state index is -0.475. The second-order valence-electron chi connectivity index (χ2n) is 5.73. The summed E-state index contributed by atoms with van der Waals surface area (Å²) in [6.07, 6.45) is 1.43. The second kappa shape index (κ2) is 6.33. The van der Waals surface area contributed by atoms with Crippen LogP contribution in [0, 0.1) is 6.92 Å². The summed E-state index contributed by atoms with van der Waals surface area (Å²) in [5.74, 6) is -0.317. The molecule has 0 unspecified atom stereocenters. The van der Waals surface area contributed by atoms with Crippen molar-refractivity contribution in [3.8, 4) is 0 Å². The lowest BCUT2D eigenvalue weighted by atomic mass is 10.1. The molecule has 0 aliphatic carbocycles. The molecule has 2 rings (SSSR count). The number of rotatable bonds is 5. The molecule has 2 heterocycles. The zero-order valence-corrected chi connectivity index (χ0v) is 13.5. The van der Waals surface area contributed by atoms with Crippen molar-refractivity contribution in [2.24, 2.45) is 5.73 Å². The highest BCUT2D eigenvalue weighted by Crippen LogP contribution is 2.27. The van der Waals surface area contributed by atoms with E-state index < -0.39 is 5.54 Å². The molecule has 0 aliphatic heterocycles. The van der Waals surface area contributed by atoms with Crippen LogP contribution in [-0.4, -0.2) is 23.9 Å². The number of nitrogens with one attached hydrogen (secondary N) is 2. The Balaban J connectivity index is 2.05. The Morgan fingerprint density at radius 2 is 2.09 bits per heavy atom. The van der Waals surface area contributed by atoms with Gasteiger partial charge in [0.2, 0.25) is 0 Å². The van der Waals surface area contributed by atoms with Gasteiger partial charge in [-0.3, -0.25) is 9.59 Å². The van der Waals surface area contributed by atoms with E-state index in [0.29, 0.717) is 16.4 Å². The lowest BCUT2D eigenvalue weighted by molar-refractivity contribution is 0.0948. The fourth-order valence-corrected chi connectivity index (χ4v) is 2.72. The number of aryl methyl sites for hydroxylation is 1. The van der Waals surface area contributed by atoms with E-state index in [1.807, 2.05) is 20.8 Å². The minimum absolute atomic E-state index is 0.195. The van der Waals surface area contributed by atoms with Crippen LogP contribution in [0.5, 0.6) is 0 Å². The fraction of sp³-hybridized carbons (Fsp3) is 0.333. The molecule has 2 aromatic rings. The van der Waals surface area contributed by atoms with Gasteiger partial charge in [0.1, 0.15) is 0 Å². The maximum Gasteiger partial charge on any atom is 0.291 e. The van der Waals surface area contributed by atoms with Crippen molar-refractivity contribution in [2.75, 3.05) is 11.9 Å². The van der Waals surface area contributed by atoms with Crippen LogP contribution < -0.4 is 16.4 Å². The number of thiophene rings is 1. The molecular weight excluding hydrogens is 302 g/mol. The number of carbonyl (C=O) groups is 2. The lowest BCUT2D eigenvalue weighted by Gasteiger charge is -2.18. The standard InChI is InChI=1S/C15H19N3O3S/c1-9-7-11(18-13(19)10-5-4-6-21-10)22-12(9)14(20)17-8-15(2,3)16/h4-7H,8,16H2,1-3H3,(H,17,20)(H,18,19). The van der Waals surface area contributed by atoms with Crippen molar-refractivity contribution in [3.63, 3.8) is 0 Å². The molecule has 0 aliphatic rings. The van der Waals surface area contributed by atoms with Crippen LogP contribution in [0.2, 0.25) is 0 Å². The Morgan fingerprint density at radius 1 is 1.36 bits per heavy atom. The number of carbonyl (C=O) groups excluding carboxylic acids is 2. The van der Waals surface area contributed by atoms with E-state index in [0.717, 1.165) is 5.56 Å². The van der Waals surface area contributed by atoms with Crippen molar-refractivity contribution in [1.29, 1.82) is 0 Å². The third-order valence-electron chi connectivity index (χ3n) is 2.81. The van der Waals surface area contributed by atoms with E-state index in [4.69, 9.17) is 10.2 Å². The molecule has 0 atom stereocenters. The normalized spacial score (nSPS) is 11.3. The van der Waals surface area contributed by atoms with Crippen molar-refractivity contribution >= 4 is 28.2 Å². The lowest BCUT2D eigenvalue weighted by Crippen LogP contribution is -2.45. The summed E-state index contributed by atoms with van der Waals surface area (Å²) in [4.78, 5) is 24.6. The van der Waals surface area contributed by atoms with Crippen LogP contribution in [0.25, 0.3) is 0 Å². The summed E-state index contributed by atoms with van der Waals surface area (Å²) in [6, 6.07) is 4.97. The van der Waals surface area contributed by atoms with Gasteiger partial charge in [-0.1, -0.05) is 0 Å². The maximum absolute atomic E-state index is 12.2. The molecule has 0 bridgehead atoms. The molecule has 118 valence electrons. The Bertz CT molecular complexity index is 669. The first kappa shape index (κ1) is 16.3. The Kier molecular flexibility index (Phi) is 4.68. The van der Waals surface area contributed by atoms with Crippen LogP contribution in [0.1, 0.15) is 39.6 Å². The van der Waals surface area contributed by atoms with Crippen molar-refractivity contribution in [2.45, 2.75) is 26.3 Å². The van der Waals surface area contributed by atoms with Gasteiger partial charge in [0, 0.05) is 12.1 Å². The molecule has 4 N–H and O–H groups in total. The summed E-state index contributed by atoms with van der Waals surface area (Å²) in [6.45, 7) is 5.87. The summed E-state index contributed by atoms with van der Waals surface area (Å²) >= 11 is 1.22. The Morgan fingerprint density at radius 3 is 2.68 bits per heavy atom. The molecule has 6 nitrogen and oxygen atoms in total.